The number of piperidine rings is 1. The van der Waals surface area contributed by atoms with E-state index in [0.717, 1.165) is 38.8 Å². The van der Waals surface area contributed by atoms with Gasteiger partial charge >= 0.3 is 0 Å². The number of aryl methyl sites for hydroxylation is 1. The zero-order chi connectivity index (χ0) is 16.9. The lowest BCUT2D eigenvalue weighted by Crippen LogP contribution is -2.48. The molecule has 1 atom stereocenters. The van der Waals surface area contributed by atoms with Gasteiger partial charge in [0, 0.05) is 24.2 Å². The Morgan fingerprint density at radius 3 is 3.12 bits per heavy atom. The number of carbonyl (C=O) groups is 1. The maximum Gasteiger partial charge on any atom is 0.257 e. The SMILES string of the molecule is O=C(c1cccc2c1OCCO2)N1CCCC2(CCc3cn[nH]c32)C1. The number of rotatable bonds is 1. The molecule has 2 aromatic rings. The summed E-state index contributed by atoms with van der Waals surface area (Å²) in [7, 11) is 0. The lowest BCUT2D eigenvalue weighted by molar-refractivity contribution is 0.0623. The first-order valence-corrected chi connectivity index (χ1v) is 8.97. The molecule has 0 radical (unpaired) electrons. The van der Waals surface area contributed by atoms with Crippen molar-refractivity contribution >= 4 is 5.91 Å². The minimum Gasteiger partial charge on any atom is -0.486 e. The fraction of sp³-hybridized carbons (Fsp3) is 0.474. The van der Waals surface area contributed by atoms with Gasteiger partial charge in [-0.2, -0.15) is 5.10 Å². The van der Waals surface area contributed by atoms with Crippen LogP contribution in [0.3, 0.4) is 0 Å². The van der Waals surface area contributed by atoms with E-state index in [1.165, 1.54) is 11.3 Å². The van der Waals surface area contributed by atoms with Crippen LogP contribution in [0.15, 0.2) is 24.4 Å². The Bertz CT molecular complexity index is 831. The highest BCUT2D eigenvalue weighted by Crippen LogP contribution is 2.44. The Morgan fingerprint density at radius 2 is 2.16 bits per heavy atom. The van der Waals surface area contributed by atoms with Crippen LogP contribution in [0.2, 0.25) is 0 Å². The molecule has 3 aliphatic rings. The van der Waals surface area contributed by atoms with E-state index < -0.39 is 0 Å². The summed E-state index contributed by atoms with van der Waals surface area (Å²) in [6, 6.07) is 5.56. The number of hydrogen-bond acceptors (Lipinski definition) is 4. The number of aromatic amines is 1. The number of benzene rings is 1. The van der Waals surface area contributed by atoms with Crippen molar-refractivity contribution in [3.05, 3.63) is 41.2 Å². The molecule has 3 heterocycles. The number of likely N-dealkylation sites (tertiary alicyclic amines) is 1. The smallest absolute Gasteiger partial charge is 0.257 e. The summed E-state index contributed by atoms with van der Waals surface area (Å²) in [4.78, 5) is 15.2. The Kier molecular flexibility index (Phi) is 3.26. The summed E-state index contributed by atoms with van der Waals surface area (Å²) in [6.07, 6.45) is 6.19. The number of fused-ring (bicyclic) bond motifs is 3. The summed E-state index contributed by atoms with van der Waals surface area (Å²) in [5.41, 5.74) is 3.19. The Balaban J connectivity index is 1.45. The lowest BCUT2D eigenvalue weighted by Gasteiger charge is -2.40. The molecule has 6 nitrogen and oxygen atoms in total. The van der Waals surface area contributed by atoms with Crippen LogP contribution in [0, 0.1) is 0 Å². The molecule has 0 bridgehead atoms. The molecule has 1 fully saturated rings. The summed E-state index contributed by atoms with van der Waals surface area (Å²) < 4.78 is 11.4. The van der Waals surface area contributed by atoms with Gasteiger partial charge in [-0.15, -0.1) is 0 Å². The van der Waals surface area contributed by atoms with E-state index in [2.05, 4.69) is 10.2 Å². The predicted molar refractivity (Wildman–Crippen MR) is 91.2 cm³/mol. The molecular weight excluding hydrogens is 318 g/mol. The minimum absolute atomic E-state index is 0.0337. The molecule has 2 aliphatic heterocycles. The van der Waals surface area contributed by atoms with Crippen molar-refractivity contribution in [3.8, 4) is 11.5 Å². The lowest BCUT2D eigenvalue weighted by atomic mass is 9.77. The number of carbonyl (C=O) groups excluding carboxylic acids is 1. The molecule has 1 aromatic heterocycles. The van der Waals surface area contributed by atoms with E-state index >= 15 is 0 Å². The fourth-order valence-corrected chi connectivity index (χ4v) is 4.58. The van der Waals surface area contributed by atoms with Gasteiger partial charge in [0.1, 0.15) is 13.2 Å². The third kappa shape index (κ3) is 2.23. The second-order valence-electron chi connectivity index (χ2n) is 7.21. The van der Waals surface area contributed by atoms with Crippen molar-refractivity contribution in [2.75, 3.05) is 26.3 Å². The standard InChI is InChI=1S/C19H21N3O3/c23-18(14-3-1-4-15-16(14)25-10-9-24-15)22-8-2-6-19(12-22)7-5-13-11-20-21-17(13)19/h1,3-4,11H,2,5-10,12H2,(H,20,21). The summed E-state index contributed by atoms with van der Waals surface area (Å²) >= 11 is 0. The number of hydrogen-bond donors (Lipinski definition) is 1. The Hall–Kier alpha value is -2.50. The summed E-state index contributed by atoms with van der Waals surface area (Å²) in [6.45, 7) is 2.54. The van der Waals surface area contributed by atoms with Gasteiger partial charge in [-0.3, -0.25) is 9.89 Å². The van der Waals surface area contributed by atoms with Crippen molar-refractivity contribution in [3.63, 3.8) is 0 Å². The summed E-state index contributed by atoms with van der Waals surface area (Å²) in [5, 5.41) is 7.41. The maximum atomic E-state index is 13.2. The zero-order valence-electron chi connectivity index (χ0n) is 14.1. The molecule has 1 spiro atoms. The third-order valence-electron chi connectivity index (χ3n) is 5.78. The Morgan fingerprint density at radius 1 is 1.24 bits per heavy atom. The van der Waals surface area contributed by atoms with E-state index in [0.29, 0.717) is 30.3 Å². The largest absolute Gasteiger partial charge is 0.486 e. The monoisotopic (exact) mass is 339 g/mol. The molecule has 1 saturated heterocycles. The normalized spacial score (nSPS) is 24.4. The topological polar surface area (TPSA) is 67.5 Å². The third-order valence-corrected chi connectivity index (χ3v) is 5.78. The number of aromatic nitrogens is 2. The highest BCUT2D eigenvalue weighted by atomic mass is 16.6. The van der Waals surface area contributed by atoms with Gasteiger partial charge in [-0.05, 0) is 43.4 Å². The van der Waals surface area contributed by atoms with Crippen molar-refractivity contribution in [2.24, 2.45) is 0 Å². The van der Waals surface area contributed by atoms with E-state index in [9.17, 15) is 4.79 Å². The van der Waals surface area contributed by atoms with Gasteiger partial charge in [0.25, 0.3) is 5.91 Å². The van der Waals surface area contributed by atoms with Gasteiger partial charge in [0.2, 0.25) is 0 Å². The molecule has 5 rings (SSSR count). The zero-order valence-corrected chi connectivity index (χ0v) is 14.1. The number of ether oxygens (including phenoxy) is 2. The fourth-order valence-electron chi connectivity index (χ4n) is 4.58. The second kappa shape index (κ2) is 5.51. The molecular formula is C19H21N3O3. The van der Waals surface area contributed by atoms with E-state index in [-0.39, 0.29) is 11.3 Å². The van der Waals surface area contributed by atoms with Crippen LogP contribution in [-0.2, 0) is 11.8 Å². The van der Waals surface area contributed by atoms with Crippen LogP contribution >= 0.6 is 0 Å². The van der Waals surface area contributed by atoms with Crippen LogP contribution in [0.4, 0.5) is 0 Å². The maximum absolute atomic E-state index is 13.2. The number of nitrogens with one attached hydrogen (secondary N) is 1. The van der Waals surface area contributed by atoms with Gasteiger partial charge in [0.15, 0.2) is 11.5 Å². The molecule has 130 valence electrons. The van der Waals surface area contributed by atoms with Crippen molar-refractivity contribution in [2.45, 2.75) is 31.1 Å². The predicted octanol–water partition coefficient (Wildman–Crippen LogP) is 2.30. The van der Waals surface area contributed by atoms with Gasteiger partial charge in [0.05, 0.1) is 11.8 Å². The van der Waals surface area contributed by atoms with Gasteiger partial charge in [-0.1, -0.05) is 6.07 Å². The molecule has 1 amide bonds. The highest BCUT2D eigenvalue weighted by Gasteiger charge is 2.44. The molecule has 0 saturated carbocycles. The number of nitrogens with zero attached hydrogens (tertiary/aromatic N) is 2. The van der Waals surface area contributed by atoms with Crippen LogP contribution in [0.25, 0.3) is 0 Å². The molecule has 1 unspecified atom stereocenters. The first kappa shape index (κ1) is 14.8. The van der Waals surface area contributed by atoms with Gasteiger partial charge in [-0.25, -0.2) is 0 Å². The van der Waals surface area contributed by atoms with Crippen LogP contribution in [0.1, 0.15) is 40.9 Å². The molecule has 1 aliphatic carbocycles. The second-order valence-corrected chi connectivity index (χ2v) is 7.21. The van der Waals surface area contributed by atoms with Crippen molar-refractivity contribution < 1.29 is 14.3 Å². The van der Waals surface area contributed by atoms with Crippen LogP contribution in [-0.4, -0.2) is 47.3 Å². The van der Waals surface area contributed by atoms with E-state index in [1.807, 2.05) is 29.3 Å². The highest BCUT2D eigenvalue weighted by molar-refractivity contribution is 5.98. The summed E-state index contributed by atoms with van der Waals surface area (Å²) in [5.74, 6) is 1.29. The average Bonchev–Trinajstić information content (AvgIpc) is 3.26. The quantitative estimate of drug-likeness (QED) is 0.866. The van der Waals surface area contributed by atoms with Crippen LogP contribution < -0.4 is 9.47 Å². The van der Waals surface area contributed by atoms with Gasteiger partial charge < -0.3 is 14.4 Å². The first-order valence-electron chi connectivity index (χ1n) is 8.97. The first-order chi connectivity index (χ1) is 12.3. The molecule has 1 aromatic carbocycles. The number of para-hydroxylation sites is 1. The van der Waals surface area contributed by atoms with E-state index in [1.54, 1.807) is 0 Å². The molecule has 25 heavy (non-hydrogen) atoms. The number of H-pyrrole nitrogens is 1. The average molecular weight is 339 g/mol. The van der Waals surface area contributed by atoms with Crippen molar-refractivity contribution in [1.29, 1.82) is 0 Å². The van der Waals surface area contributed by atoms with Crippen LogP contribution in [0.5, 0.6) is 11.5 Å². The minimum atomic E-state index is 0.0337. The number of amides is 1. The Labute approximate surface area is 146 Å². The molecule has 6 heteroatoms. The van der Waals surface area contributed by atoms with Crippen molar-refractivity contribution in [1.82, 2.24) is 15.1 Å². The van der Waals surface area contributed by atoms with E-state index in [4.69, 9.17) is 9.47 Å². The molecule has 1 N–H and O–H groups in total.